The van der Waals surface area contributed by atoms with Crippen LogP contribution in [0.4, 0.5) is 0 Å². The van der Waals surface area contributed by atoms with Crippen molar-refractivity contribution >= 4 is 53.5 Å². The number of halogens is 2. The van der Waals surface area contributed by atoms with E-state index in [0.717, 1.165) is 11.8 Å². The maximum atomic E-state index is 2.48. The molecular weight excluding hydrogens is 799 g/mol. The van der Waals surface area contributed by atoms with Crippen molar-refractivity contribution < 1.29 is 48.1 Å². The van der Waals surface area contributed by atoms with Crippen molar-refractivity contribution in [3.63, 3.8) is 0 Å². The van der Waals surface area contributed by atoms with Crippen LogP contribution in [0.5, 0.6) is 0 Å². The molecule has 0 radical (unpaired) electrons. The molecule has 0 amide bonds. The monoisotopic (exact) mass is 854 g/mol. The summed E-state index contributed by atoms with van der Waals surface area (Å²) in [6.07, 6.45) is 5.49. The third-order valence-corrected chi connectivity index (χ3v) is 14.4. The summed E-state index contributed by atoms with van der Waals surface area (Å²) in [5.74, 6) is 1.68. The van der Waals surface area contributed by atoms with E-state index in [9.17, 15) is 0 Å². The first-order valence-electron chi connectivity index (χ1n) is 18.7. The molecule has 0 aromatic heterocycles. The minimum Gasteiger partial charge on any atom is -1.00 e. The topological polar surface area (TPSA) is 0 Å². The quantitative estimate of drug-likeness (QED) is 0.130. The number of aryl methyl sites for hydroxylation is 1. The van der Waals surface area contributed by atoms with Gasteiger partial charge in [-0.3, -0.25) is 0 Å². The van der Waals surface area contributed by atoms with Crippen LogP contribution in [0.2, 0.25) is 52.4 Å². The second kappa shape index (κ2) is 19.2. The van der Waals surface area contributed by atoms with Crippen LogP contribution in [0.3, 0.4) is 0 Å². The Hall–Kier alpha value is -1.79. The van der Waals surface area contributed by atoms with Gasteiger partial charge in [-0.05, 0) is 35.8 Å². The van der Waals surface area contributed by atoms with Gasteiger partial charge in [-0.2, -0.15) is 12.1 Å². The number of hydrogen-bond donors (Lipinski definition) is 0. The van der Waals surface area contributed by atoms with Gasteiger partial charge < -0.3 is 24.8 Å². The van der Waals surface area contributed by atoms with Gasteiger partial charge in [0.05, 0.1) is 16.1 Å². The van der Waals surface area contributed by atoms with E-state index < -0.39 is 16.1 Å². The minimum atomic E-state index is -1.24. The third kappa shape index (κ3) is 11.6. The van der Waals surface area contributed by atoms with E-state index in [4.69, 9.17) is 0 Å². The van der Waals surface area contributed by atoms with Gasteiger partial charge in [-0.1, -0.05) is 148 Å². The molecule has 0 spiro atoms. The van der Waals surface area contributed by atoms with Crippen molar-refractivity contribution in [2.45, 2.75) is 97.8 Å². The Morgan fingerprint density at radius 3 is 1.42 bits per heavy atom. The second-order valence-electron chi connectivity index (χ2n) is 17.0. The molecule has 0 nitrogen and oxygen atoms in total. The average Bonchev–Trinajstić information content (AvgIpc) is 3.67. The molecule has 6 aromatic carbocycles. The predicted molar refractivity (Wildman–Crippen MR) is 229 cm³/mol. The van der Waals surface area contributed by atoms with Crippen LogP contribution in [0, 0.1) is 12.8 Å². The average molecular weight is 857 g/mol. The van der Waals surface area contributed by atoms with Gasteiger partial charge in [0.15, 0.2) is 0 Å². The van der Waals surface area contributed by atoms with Gasteiger partial charge >= 0.3 is 41.9 Å². The molecular formula is C46H58Cl2Si3Zr-2. The summed E-state index contributed by atoms with van der Waals surface area (Å²) in [5, 5.41) is 8.60. The molecule has 6 heteroatoms. The van der Waals surface area contributed by atoms with Crippen LogP contribution in [0.15, 0.2) is 109 Å². The molecule has 0 saturated heterocycles. The summed E-state index contributed by atoms with van der Waals surface area (Å²) in [6, 6.07) is 41.4. The Kier molecular flexibility index (Phi) is 16.5. The Labute approximate surface area is 345 Å². The predicted octanol–water partition coefficient (Wildman–Crippen LogP) is 6.94. The normalized spacial score (nSPS) is 15.8. The van der Waals surface area contributed by atoms with Gasteiger partial charge in [0.25, 0.3) is 0 Å². The summed E-state index contributed by atoms with van der Waals surface area (Å²) in [6.45, 7) is 23.6. The van der Waals surface area contributed by atoms with E-state index >= 15 is 0 Å². The first-order chi connectivity index (χ1) is 23.6. The summed E-state index contributed by atoms with van der Waals surface area (Å²) in [4.78, 5) is 0. The van der Waals surface area contributed by atoms with Crippen molar-refractivity contribution in [2.24, 2.45) is 5.92 Å². The molecule has 0 N–H and O–H groups in total. The van der Waals surface area contributed by atoms with Crippen LogP contribution < -0.4 is 35.2 Å². The van der Waals surface area contributed by atoms with Gasteiger partial charge in [0.2, 0.25) is 0 Å². The van der Waals surface area contributed by atoms with Gasteiger partial charge in [-0.15, -0.1) is 69.1 Å². The van der Waals surface area contributed by atoms with E-state index in [-0.39, 0.29) is 30.2 Å². The zero-order valence-electron chi connectivity index (χ0n) is 33.1. The molecule has 7 rings (SSSR count). The molecule has 52 heavy (non-hydrogen) atoms. The molecule has 0 aliphatic heterocycles. The number of hydrogen-bond acceptors (Lipinski definition) is 0. The minimum absolute atomic E-state index is 0. The molecule has 0 bridgehead atoms. The first kappa shape index (κ1) is 44.6. The van der Waals surface area contributed by atoms with Crippen molar-refractivity contribution in [2.75, 3.05) is 0 Å². The van der Waals surface area contributed by atoms with Gasteiger partial charge in [-0.25, -0.2) is 0 Å². The largest absolute Gasteiger partial charge is 1.00 e. The van der Waals surface area contributed by atoms with E-state index in [1.165, 1.54) is 85.4 Å². The molecule has 1 aliphatic carbocycles. The van der Waals surface area contributed by atoms with Crippen molar-refractivity contribution in [3.8, 4) is 22.3 Å². The molecule has 0 atom stereocenters. The van der Waals surface area contributed by atoms with Crippen molar-refractivity contribution in [1.29, 1.82) is 0 Å². The van der Waals surface area contributed by atoms with Crippen LogP contribution >= 0.6 is 0 Å². The Balaban J connectivity index is 0.000000252. The van der Waals surface area contributed by atoms with Crippen LogP contribution in [0.1, 0.15) is 49.7 Å². The Bertz CT molecular complexity index is 2030. The molecule has 274 valence electrons. The molecule has 1 fully saturated rings. The smallest absolute Gasteiger partial charge is 0.0775 e. The van der Waals surface area contributed by atoms with Crippen LogP contribution in [0.25, 0.3) is 43.8 Å². The molecule has 1 saturated carbocycles. The van der Waals surface area contributed by atoms with E-state index in [1.54, 1.807) is 28.9 Å². The van der Waals surface area contributed by atoms with Crippen LogP contribution in [-0.4, -0.2) is 21.6 Å². The zero-order valence-corrected chi connectivity index (χ0v) is 40.1. The summed E-state index contributed by atoms with van der Waals surface area (Å²) >= 11 is 1.74. The number of rotatable bonds is 5. The number of fused-ring (bicyclic) bond motifs is 2. The van der Waals surface area contributed by atoms with Gasteiger partial charge in [0, 0.05) is 0 Å². The molecule has 0 unspecified atom stereocenters. The Morgan fingerprint density at radius 2 is 1.00 bits per heavy atom. The maximum Gasteiger partial charge on any atom is 0.0775 e. The Morgan fingerprint density at radius 1 is 0.596 bits per heavy atom. The van der Waals surface area contributed by atoms with Crippen LogP contribution in [-0.2, 0) is 23.3 Å². The van der Waals surface area contributed by atoms with E-state index in [0.29, 0.717) is 0 Å². The van der Waals surface area contributed by atoms with Gasteiger partial charge in [0.1, 0.15) is 0 Å². The summed E-state index contributed by atoms with van der Waals surface area (Å²) < 4.78 is 0. The fourth-order valence-electron chi connectivity index (χ4n) is 7.27. The first-order valence-corrected chi connectivity index (χ1v) is 31.9. The third-order valence-electron chi connectivity index (χ3n) is 10.3. The van der Waals surface area contributed by atoms with E-state index in [2.05, 4.69) is 175 Å². The summed E-state index contributed by atoms with van der Waals surface area (Å²) in [5.41, 5.74) is 8.53. The summed E-state index contributed by atoms with van der Waals surface area (Å²) in [7, 11) is -2.44. The zero-order chi connectivity index (χ0) is 36.2. The fraction of sp³-hybridized carbons (Fsp3) is 0.348. The molecule has 0 heterocycles. The SMILES string of the molecule is CC1CCC(c2cc3c(-c4ccc([Si](C)(C)C)cc4)cccc3[cH-]2)CC1.C[Si](C)=[Zr+2].Cc1cc2c(-c3ccc([Si](C)(C)C)cc3)cccc2[cH-]1.[Cl-].[Cl-]. The molecule has 6 aromatic rings. The van der Waals surface area contributed by atoms with Crippen molar-refractivity contribution in [1.82, 2.24) is 0 Å². The molecule has 1 aliphatic rings. The number of benzene rings is 4. The van der Waals surface area contributed by atoms with E-state index in [1.807, 2.05) is 0 Å². The maximum absolute atomic E-state index is 2.48. The fourth-order valence-corrected chi connectivity index (χ4v) is 9.61. The van der Waals surface area contributed by atoms with Crippen molar-refractivity contribution in [3.05, 3.63) is 120 Å². The second-order valence-corrected chi connectivity index (χ2v) is 36.6. The standard InChI is InChI=1S/C25H31Si.C19H21Si.C2H6Si.2ClH.Zr/c1-18-8-10-19(11-9-18)22-16-21-6-5-7-24(25(21)17-22)20-12-14-23(15-13-20)26(2,3)4;1-14-12-16-6-5-7-18(19(16)13-14)15-8-10-17(11-9-15)20(2,3)4;1-3-2;;;/h5-7,12-19H,8-11H2,1-4H3;5-13H,1-4H3;1-2H3;2*1H;/q2*-1;;;;+2/p-2.